The molecule has 0 saturated heterocycles. The first-order valence-corrected chi connectivity index (χ1v) is 6.44. The molecule has 1 saturated carbocycles. The molecule has 1 fully saturated rings. The number of pyridine rings is 1. The topological polar surface area (TPSA) is 34.1 Å². The Kier molecular flexibility index (Phi) is 4.00. The first-order valence-electron chi connectivity index (χ1n) is 6.44. The van der Waals surface area contributed by atoms with Gasteiger partial charge in [-0.1, -0.05) is 6.42 Å². The number of methoxy groups -OCH3 is 1. The van der Waals surface area contributed by atoms with Crippen LogP contribution in [-0.2, 0) is 6.54 Å². The molecular weight excluding hydrogens is 212 g/mol. The summed E-state index contributed by atoms with van der Waals surface area (Å²) in [5, 5.41) is 3.56. The molecule has 1 aromatic rings. The Bertz CT molecular complexity index is 374. The van der Waals surface area contributed by atoms with E-state index in [9.17, 15) is 0 Å². The van der Waals surface area contributed by atoms with Crippen LogP contribution < -0.4 is 10.1 Å². The number of aryl methyl sites for hydroxylation is 1. The summed E-state index contributed by atoms with van der Waals surface area (Å²) >= 11 is 0. The summed E-state index contributed by atoms with van der Waals surface area (Å²) in [6.45, 7) is 5.11. The van der Waals surface area contributed by atoms with Crippen molar-refractivity contribution in [2.75, 3.05) is 7.11 Å². The van der Waals surface area contributed by atoms with Gasteiger partial charge in [0.2, 0.25) is 0 Å². The molecule has 3 nitrogen and oxygen atoms in total. The maximum atomic E-state index is 5.25. The van der Waals surface area contributed by atoms with Gasteiger partial charge in [0.15, 0.2) is 0 Å². The number of ether oxygens (including phenoxy) is 1. The highest BCUT2D eigenvalue weighted by Crippen LogP contribution is 2.29. The van der Waals surface area contributed by atoms with E-state index >= 15 is 0 Å². The molecule has 1 atom stereocenters. The summed E-state index contributed by atoms with van der Waals surface area (Å²) in [5.41, 5.74) is 2.07. The average Bonchev–Trinajstić information content (AvgIpc) is 2.23. The Labute approximate surface area is 104 Å². The van der Waals surface area contributed by atoms with Gasteiger partial charge in [-0.3, -0.25) is 4.98 Å². The van der Waals surface area contributed by atoms with Crippen LogP contribution in [0.5, 0.6) is 5.75 Å². The first kappa shape index (κ1) is 12.4. The molecule has 0 aliphatic heterocycles. The molecule has 0 bridgehead atoms. The molecule has 94 valence electrons. The zero-order valence-corrected chi connectivity index (χ0v) is 11.0. The summed E-state index contributed by atoms with van der Waals surface area (Å²) < 4.78 is 5.25. The van der Waals surface area contributed by atoms with E-state index < -0.39 is 0 Å². The lowest BCUT2D eigenvalue weighted by Gasteiger charge is -2.32. The van der Waals surface area contributed by atoms with E-state index in [0.29, 0.717) is 6.04 Å². The molecule has 1 aliphatic carbocycles. The third kappa shape index (κ3) is 3.19. The van der Waals surface area contributed by atoms with Gasteiger partial charge in [-0.05, 0) is 32.6 Å². The molecule has 0 radical (unpaired) electrons. The minimum atomic E-state index is 0.594. The summed E-state index contributed by atoms with van der Waals surface area (Å²) in [4.78, 5) is 4.51. The molecule has 1 aliphatic rings. The SMILES string of the molecule is COc1cc(C)nc(CNC(C)C2CCC2)c1. The van der Waals surface area contributed by atoms with Crippen molar-refractivity contribution in [2.45, 2.75) is 45.7 Å². The zero-order chi connectivity index (χ0) is 12.3. The monoisotopic (exact) mass is 234 g/mol. The van der Waals surface area contributed by atoms with Crippen molar-refractivity contribution in [1.29, 1.82) is 0 Å². The molecule has 3 heteroatoms. The van der Waals surface area contributed by atoms with Gasteiger partial charge < -0.3 is 10.1 Å². The predicted molar refractivity (Wildman–Crippen MR) is 69.2 cm³/mol. The summed E-state index contributed by atoms with van der Waals surface area (Å²) in [6, 6.07) is 4.56. The Morgan fingerprint density at radius 2 is 2.24 bits per heavy atom. The molecule has 1 unspecified atom stereocenters. The second kappa shape index (κ2) is 5.50. The number of aromatic nitrogens is 1. The van der Waals surface area contributed by atoms with Gasteiger partial charge in [0.05, 0.1) is 12.8 Å². The van der Waals surface area contributed by atoms with Crippen molar-refractivity contribution in [3.05, 3.63) is 23.5 Å². The standard InChI is InChI=1S/C14H22N2O/c1-10-7-14(17-3)8-13(16-10)9-15-11(2)12-5-4-6-12/h7-8,11-12,15H,4-6,9H2,1-3H3. The van der Waals surface area contributed by atoms with E-state index in [0.717, 1.165) is 29.6 Å². The van der Waals surface area contributed by atoms with Crippen molar-refractivity contribution in [3.8, 4) is 5.75 Å². The molecule has 17 heavy (non-hydrogen) atoms. The van der Waals surface area contributed by atoms with Crippen molar-refractivity contribution in [2.24, 2.45) is 5.92 Å². The van der Waals surface area contributed by atoms with Gasteiger partial charge in [0.25, 0.3) is 0 Å². The van der Waals surface area contributed by atoms with Crippen LogP contribution in [0.1, 0.15) is 37.6 Å². The van der Waals surface area contributed by atoms with Gasteiger partial charge in [0, 0.05) is 30.4 Å². The van der Waals surface area contributed by atoms with Crippen LogP contribution in [0, 0.1) is 12.8 Å². The van der Waals surface area contributed by atoms with Gasteiger partial charge >= 0.3 is 0 Å². The van der Waals surface area contributed by atoms with Crippen LogP contribution in [-0.4, -0.2) is 18.1 Å². The summed E-state index contributed by atoms with van der Waals surface area (Å²) in [6.07, 6.45) is 4.14. The van der Waals surface area contributed by atoms with Gasteiger partial charge in [-0.15, -0.1) is 0 Å². The number of nitrogens with zero attached hydrogens (tertiary/aromatic N) is 1. The van der Waals surface area contributed by atoms with E-state index in [4.69, 9.17) is 4.74 Å². The normalized spacial score (nSPS) is 17.6. The first-order chi connectivity index (χ1) is 8.19. The fourth-order valence-electron chi connectivity index (χ4n) is 2.28. The fourth-order valence-corrected chi connectivity index (χ4v) is 2.28. The number of hydrogen-bond donors (Lipinski definition) is 1. The summed E-state index contributed by atoms with van der Waals surface area (Å²) in [7, 11) is 1.70. The minimum Gasteiger partial charge on any atom is -0.497 e. The van der Waals surface area contributed by atoms with Crippen LogP contribution >= 0.6 is 0 Å². The van der Waals surface area contributed by atoms with Crippen molar-refractivity contribution >= 4 is 0 Å². The Balaban J connectivity index is 1.91. The number of rotatable bonds is 5. The van der Waals surface area contributed by atoms with Gasteiger partial charge in [-0.25, -0.2) is 0 Å². The lowest BCUT2D eigenvalue weighted by Crippen LogP contribution is -2.36. The second-order valence-corrected chi connectivity index (χ2v) is 5.00. The molecule has 0 spiro atoms. The van der Waals surface area contributed by atoms with Crippen LogP contribution in [0.2, 0.25) is 0 Å². The van der Waals surface area contributed by atoms with E-state index in [1.54, 1.807) is 7.11 Å². The van der Waals surface area contributed by atoms with Crippen LogP contribution in [0.3, 0.4) is 0 Å². The largest absolute Gasteiger partial charge is 0.497 e. The molecule has 1 aromatic heterocycles. The van der Waals surface area contributed by atoms with Crippen molar-refractivity contribution < 1.29 is 4.74 Å². The molecule has 0 aromatic carbocycles. The Morgan fingerprint density at radius 3 is 2.82 bits per heavy atom. The minimum absolute atomic E-state index is 0.594. The van der Waals surface area contributed by atoms with E-state index in [-0.39, 0.29) is 0 Å². The smallest absolute Gasteiger partial charge is 0.122 e. The van der Waals surface area contributed by atoms with E-state index in [1.165, 1.54) is 19.3 Å². The van der Waals surface area contributed by atoms with Gasteiger partial charge in [-0.2, -0.15) is 0 Å². The zero-order valence-electron chi connectivity index (χ0n) is 11.0. The molecule has 1 heterocycles. The number of nitrogens with one attached hydrogen (secondary N) is 1. The third-order valence-corrected chi connectivity index (χ3v) is 3.68. The maximum Gasteiger partial charge on any atom is 0.122 e. The molecule has 2 rings (SSSR count). The highest BCUT2D eigenvalue weighted by Gasteiger charge is 2.23. The van der Waals surface area contributed by atoms with Crippen LogP contribution in [0.25, 0.3) is 0 Å². The Morgan fingerprint density at radius 1 is 1.47 bits per heavy atom. The Hall–Kier alpha value is -1.09. The predicted octanol–water partition coefficient (Wildman–Crippen LogP) is 2.68. The van der Waals surface area contributed by atoms with E-state index in [2.05, 4.69) is 17.2 Å². The summed E-state index contributed by atoms with van der Waals surface area (Å²) in [5.74, 6) is 1.76. The highest BCUT2D eigenvalue weighted by molar-refractivity contribution is 5.26. The quantitative estimate of drug-likeness (QED) is 0.850. The second-order valence-electron chi connectivity index (χ2n) is 5.00. The lowest BCUT2D eigenvalue weighted by atomic mass is 9.80. The third-order valence-electron chi connectivity index (χ3n) is 3.68. The average molecular weight is 234 g/mol. The van der Waals surface area contributed by atoms with E-state index in [1.807, 2.05) is 19.1 Å². The van der Waals surface area contributed by atoms with Crippen molar-refractivity contribution in [1.82, 2.24) is 10.3 Å². The van der Waals surface area contributed by atoms with Crippen LogP contribution in [0.4, 0.5) is 0 Å². The van der Waals surface area contributed by atoms with Crippen molar-refractivity contribution in [3.63, 3.8) is 0 Å². The maximum absolute atomic E-state index is 5.25. The molecule has 0 amide bonds. The number of hydrogen-bond acceptors (Lipinski definition) is 3. The van der Waals surface area contributed by atoms with Gasteiger partial charge in [0.1, 0.15) is 5.75 Å². The highest BCUT2D eigenvalue weighted by atomic mass is 16.5. The molecular formula is C14H22N2O. The fraction of sp³-hybridized carbons (Fsp3) is 0.643. The molecule has 1 N–H and O–H groups in total. The lowest BCUT2D eigenvalue weighted by molar-refractivity contribution is 0.239. The van der Waals surface area contributed by atoms with Crippen LogP contribution in [0.15, 0.2) is 12.1 Å².